The molecule has 23 heavy (non-hydrogen) atoms. The zero-order valence-corrected chi connectivity index (χ0v) is 14.2. The Morgan fingerprint density at radius 2 is 1.91 bits per heavy atom. The van der Waals surface area contributed by atoms with E-state index < -0.39 is 24.3 Å². The number of amides is 1. The Kier molecular flexibility index (Phi) is 5.30. The molecule has 2 rings (SSSR count). The van der Waals surface area contributed by atoms with Crippen molar-refractivity contribution in [3.63, 3.8) is 0 Å². The molecule has 0 aromatic heterocycles. The number of rotatable bonds is 3. The van der Waals surface area contributed by atoms with Crippen LogP contribution in [0.1, 0.15) is 27.0 Å². The van der Waals surface area contributed by atoms with Gasteiger partial charge in [0, 0.05) is 9.26 Å². The minimum atomic E-state index is -4.60. The lowest BCUT2D eigenvalue weighted by Gasteiger charge is -2.14. The van der Waals surface area contributed by atoms with Gasteiger partial charge in [0.1, 0.15) is 0 Å². The van der Waals surface area contributed by atoms with Crippen LogP contribution in [0.3, 0.4) is 0 Å². The Balaban J connectivity index is 2.31. The molecule has 0 atom stereocenters. The third kappa shape index (κ3) is 4.23. The van der Waals surface area contributed by atoms with E-state index in [2.05, 4.69) is 5.32 Å². The van der Waals surface area contributed by atoms with Crippen LogP contribution in [-0.4, -0.2) is 11.0 Å². The lowest BCUT2D eigenvalue weighted by atomic mass is 10.1. The van der Waals surface area contributed by atoms with E-state index in [0.29, 0.717) is 9.13 Å². The van der Waals surface area contributed by atoms with Crippen LogP contribution < -0.4 is 5.32 Å². The fourth-order valence-corrected chi connectivity index (χ4v) is 2.97. The van der Waals surface area contributed by atoms with Gasteiger partial charge in [0.15, 0.2) is 0 Å². The van der Waals surface area contributed by atoms with Crippen molar-refractivity contribution in [2.75, 3.05) is 5.32 Å². The Labute approximate surface area is 144 Å². The molecule has 7 heteroatoms. The summed E-state index contributed by atoms with van der Waals surface area (Å²) in [5.74, 6) is -0.487. The molecule has 0 aliphatic carbocycles. The summed E-state index contributed by atoms with van der Waals surface area (Å²) in [6, 6.07) is 8.50. The minimum Gasteiger partial charge on any atom is -0.392 e. The number of hydrogen-bond donors (Lipinski definition) is 2. The number of alkyl halides is 3. The number of hydrogen-bond acceptors (Lipinski definition) is 2. The number of aliphatic hydroxyl groups is 1. The standard InChI is InChI=1S/C16H13F3INO2/c1-9-2-5-12(14(20)6-9)15(23)21-11-4-3-10(8-22)13(7-11)16(17,18)19/h2-7,22H,8H2,1H3,(H,21,23). The average Bonchev–Trinajstić information content (AvgIpc) is 2.46. The van der Waals surface area contributed by atoms with E-state index in [9.17, 15) is 18.0 Å². The molecule has 0 unspecified atom stereocenters. The number of benzene rings is 2. The van der Waals surface area contributed by atoms with E-state index in [1.807, 2.05) is 35.6 Å². The molecule has 1 amide bonds. The van der Waals surface area contributed by atoms with E-state index in [1.54, 1.807) is 12.1 Å². The predicted octanol–water partition coefficient (Wildman–Crippen LogP) is 4.36. The second-order valence-corrected chi connectivity index (χ2v) is 6.13. The van der Waals surface area contributed by atoms with Gasteiger partial charge in [-0.25, -0.2) is 0 Å². The number of carbonyl (C=O) groups excluding carboxylic acids is 1. The van der Waals surface area contributed by atoms with E-state index >= 15 is 0 Å². The van der Waals surface area contributed by atoms with Crippen molar-refractivity contribution in [2.45, 2.75) is 19.7 Å². The number of nitrogens with one attached hydrogen (secondary N) is 1. The SMILES string of the molecule is Cc1ccc(C(=O)Nc2ccc(CO)c(C(F)(F)F)c2)c(I)c1. The molecule has 0 bridgehead atoms. The van der Waals surface area contributed by atoms with E-state index in [4.69, 9.17) is 5.11 Å². The highest BCUT2D eigenvalue weighted by molar-refractivity contribution is 14.1. The molecule has 0 saturated carbocycles. The molecule has 2 N–H and O–H groups in total. The highest BCUT2D eigenvalue weighted by Crippen LogP contribution is 2.34. The molecular formula is C16H13F3INO2. The number of anilines is 1. The topological polar surface area (TPSA) is 49.3 Å². The highest BCUT2D eigenvalue weighted by Gasteiger charge is 2.33. The van der Waals surface area contributed by atoms with Crippen molar-refractivity contribution in [3.05, 3.63) is 62.2 Å². The molecule has 2 aromatic carbocycles. The largest absolute Gasteiger partial charge is 0.416 e. The zero-order valence-electron chi connectivity index (χ0n) is 12.0. The summed E-state index contributed by atoms with van der Waals surface area (Å²) in [4.78, 5) is 12.2. The molecular weight excluding hydrogens is 422 g/mol. The highest BCUT2D eigenvalue weighted by atomic mass is 127. The first-order chi connectivity index (χ1) is 10.7. The maximum Gasteiger partial charge on any atom is 0.416 e. The number of aryl methyl sites for hydroxylation is 1. The normalized spacial score (nSPS) is 11.4. The molecule has 0 aliphatic rings. The summed E-state index contributed by atoms with van der Waals surface area (Å²) in [5.41, 5.74) is 0.196. The first-order valence-corrected chi connectivity index (χ1v) is 7.68. The van der Waals surface area contributed by atoms with Crippen molar-refractivity contribution >= 4 is 34.2 Å². The lowest BCUT2D eigenvalue weighted by molar-refractivity contribution is -0.138. The number of aliphatic hydroxyl groups excluding tert-OH is 1. The van der Waals surface area contributed by atoms with Crippen LogP contribution in [0.4, 0.5) is 18.9 Å². The molecule has 0 saturated heterocycles. The van der Waals surface area contributed by atoms with Gasteiger partial charge in [0.25, 0.3) is 5.91 Å². The van der Waals surface area contributed by atoms with E-state index in [-0.39, 0.29) is 11.3 Å². The summed E-state index contributed by atoms with van der Waals surface area (Å²) in [5, 5.41) is 11.5. The van der Waals surface area contributed by atoms with Gasteiger partial charge in [-0.2, -0.15) is 13.2 Å². The minimum absolute atomic E-state index is 0.0240. The second-order valence-electron chi connectivity index (χ2n) is 4.97. The molecule has 122 valence electrons. The Bertz CT molecular complexity index is 745. The maximum absolute atomic E-state index is 13.0. The van der Waals surface area contributed by atoms with Crippen molar-refractivity contribution in [2.24, 2.45) is 0 Å². The smallest absolute Gasteiger partial charge is 0.392 e. The Hall–Kier alpha value is -1.61. The van der Waals surface area contributed by atoms with Crippen molar-refractivity contribution in [1.29, 1.82) is 0 Å². The summed E-state index contributed by atoms with van der Waals surface area (Å²) in [6.45, 7) is 1.16. The summed E-state index contributed by atoms with van der Waals surface area (Å²) in [6.07, 6.45) is -4.60. The first kappa shape index (κ1) is 17.7. The maximum atomic E-state index is 13.0. The van der Waals surface area contributed by atoms with Gasteiger partial charge in [0.05, 0.1) is 17.7 Å². The van der Waals surface area contributed by atoms with Gasteiger partial charge in [-0.05, 0) is 59.3 Å². The van der Waals surface area contributed by atoms with Crippen LogP contribution in [-0.2, 0) is 12.8 Å². The predicted molar refractivity (Wildman–Crippen MR) is 89.2 cm³/mol. The Morgan fingerprint density at radius 3 is 2.48 bits per heavy atom. The van der Waals surface area contributed by atoms with Gasteiger partial charge in [0.2, 0.25) is 0 Å². The van der Waals surface area contributed by atoms with Crippen molar-refractivity contribution < 1.29 is 23.1 Å². The summed E-state index contributed by atoms with van der Waals surface area (Å²) < 4.78 is 39.6. The average molecular weight is 435 g/mol. The van der Waals surface area contributed by atoms with Crippen molar-refractivity contribution in [3.8, 4) is 0 Å². The third-order valence-electron chi connectivity index (χ3n) is 3.21. The monoisotopic (exact) mass is 435 g/mol. The van der Waals surface area contributed by atoms with Gasteiger partial charge in [-0.1, -0.05) is 17.7 Å². The molecule has 0 spiro atoms. The first-order valence-electron chi connectivity index (χ1n) is 6.61. The Morgan fingerprint density at radius 1 is 1.22 bits per heavy atom. The zero-order chi connectivity index (χ0) is 17.2. The van der Waals surface area contributed by atoms with Gasteiger partial charge in [-0.15, -0.1) is 0 Å². The van der Waals surface area contributed by atoms with Crippen LogP contribution in [0.5, 0.6) is 0 Å². The van der Waals surface area contributed by atoms with Crippen molar-refractivity contribution in [1.82, 2.24) is 0 Å². The molecule has 0 fully saturated rings. The van der Waals surface area contributed by atoms with Crippen LogP contribution >= 0.6 is 22.6 Å². The van der Waals surface area contributed by atoms with Gasteiger partial charge >= 0.3 is 6.18 Å². The quantitative estimate of drug-likeness (QED) is 0.705. The van der Waals surface area contributed by atoms with Crippen LogP contribution in [0, 0.1) is 10.5 Å². The van der Waals surface area contributed by atoms with Crippen LogP contribution in [0.2, 0.25) is 0 Å². The van der Waals surface area contributed by atoms with E-state index in [0.717, 1.165) is 17.7 Å². The molecule has 0 aliphatic heterocycles. The van der Waals surface area contributed by atoms with Gasteiger partial charge in [-0.3, -0.25) is 4.79 Å². The molecule has 3 nitrogen and oxygen atoms in total. The molecule has 0 heterocycles. The lowest BCUT2D eigenvalue weighted by Crippen LogP contribution is -2.15. The molecule has 2 aromatic rings. The second kappa shape index (κ2) is 6.88. The fraction of sp³-hybridized carbons (Fsp3) is 0.188. The number of carbonyl (C=O) groups is 1. The summed E-state index contributed by atoms with van der Waals surface area (Å²) in [7, 11) is 0. The van der Waals surface area contributed by atoms with Gasteiger partial charge < -0.3 is 10.4 Å². The van der Waals surface area contributed by atoms with Crippen LogP contribution in [0.15, 0.2) is 36.4 Å². The van der Waals surface area contributed by atoms with E-state index in [1.165, 1.54) is 6.07 Å². The molecule has 0 radical (unpaired) electrons. The summed E-state index contributed by atoms with van der Waals surface area (Å²) >= 11 is 2.00. The fourth-order valence-electron chi connectivity index (χ4n) is 2.06. The third-order valence-corrected chi connectivity index (χ3v) is 4.11. The van der Waals surface area contributed by atoms with Crippen LogP contribution in [0.25, 0.3) is 0 Å². The number of halogens is 4.